The Balaban J connectivity index is 3.35. The van der Waals surface area contributed by atoms with Crippen molar-refractivity contribution in [2.24, 2.45) is 0 Å². The number of carbonyl (C=O) groups is 1. The van der Waals surface area contributed by atoms with Crippen LogP contribution in [0.5, 0.6) is 0 Å². The normalized spacial score (nSPS) is 18.8. The summed E-state index contributed by atoms with van der Waals surface area (Å²) in [5, 5.41) is 1.44. The van der Waals surface area contributed by atoms with Crippen LogP contribution in [0.25, 0.3) is 0 Å². The summed E-state index contributed by atoms with van der Waals surface area (Å²) in [6.45, 7) is 34.0. The smallest absolute Gasteiger partial charge is 0.413 e. The number of allylic oxidation sites excluding steroid dienone is 1. The summed E-state index contributed by atoms with van der Waals surface area (Å²) in [6.07, 6.45) is 18.0. The lowest BCUT2D eigenvalue weighted by atomic mass is 10.0. The molecule has 1 aliphatic rings. The van der Waals surface area contributed by atoms with Crippen LogP contribution >= 0.6 is 0 Å². The minimum atomic E-state index is -2.29. The van der Waals surface area contributed by atoms with Crippen LogP contribution in [0.15, 0.2) is 11.3 Å². The predicted octanol–water partition coefficient (Wildman–Crippen LogP) is 12.4. The lowest BCUT2D eigenvalue weighted by Gasteiger charge is -2.49. The van der Waals surface area contributed by atoms with Crippen LogP contribution in [0.1, 0.15) is 160 Å². The molecule has 0 bridgehead atoms. The minimum Gasteiger partial charge on any atom is -0.444 e. The van der Waals surface area contributed by atoms with Gasteiger partial charge >= 0.3 is 6.09 Å². The fourth-order valence-corrected chi connectivity index (χ4v) is 15.1. The number of hydrogen-bond donors (Lipinski definition) is 0. The quantitative estimate of drug-likeness (QED) is 0.0957. The fraction of sp³-hybridized carbons (Fsp3) is 0.921. The van der Waals surface area contributed by atoms with E-state index < -0.39 is 27.7 Å². The first-order chi connectivity index (χ1) is 20.7. The molecule has 1 fully saturated rings. The summed E-state index contributed by atoms with van der Waals surface area (Å²) < 4.78 is 20.1. The fourth-order valence-electron chi connectivity index (χ4n) is 7.61. The van der Waals surface area contributed by atoms with Crippen molar-refractivity contribution >= 4 is 22.5 Å². The number of ether oxygens (including phenoxy) is 2. The van der Waals surface area contributed by atoms with E-state index in [4.69, 9.17) is 13.9 Å². The van der Waals surface area contributed by atoms with E-state index in [0.29, 0.717) is 23.2 Å². The van der Waals surface area contributed by atoms with Gasteiger partial charge in [0.15, 0.2) is 0 Å². The molecule has 0 radical (unpaired) electrons. The molecule has 266 valence electrons. The van der Waals surface area contributed by atoms with Crippen molar-refractivity contribution < 1.29 is 18.7 Å². The Kier molecular flexibility index (Phi) is 17.7. The molecule has 0 unspecified atom stereocenters. The summed E-state index contributed by atoms with van der Waals surface area (Å²) in [7, 11) is -4.15. The molecule has 2 atom stereocenters. The number of rotatable bonds is 20. The van der Waals surface area contributed by atoms with E-state index in [2.05, 4.69) is 74.2 Å². The zero-order valence-corrected chi connectivity index (χ0v) is 34.7. The zero-order valence-electron chi connectivity index (χ0n) is 32.7. The predicted molar refractivity (Wildman–Crippen MR) is 200 cm³/mol. The van der Waals surface area contributed by atoms with Crippen molar-refractivity contribution in [1.29, 1.82) is 0 Å². The third kappa shape index (κ3) is 13.1. The Morgan fingerprint density at radius 3 is 1.69 bits per heavy atom. The van der Waals surface area contributed by atoms with Crippen LogP contribution in [0.4, 0.5) is 4.79 Å². The summed E-state index contributed by atoms with van der Waals surface area (Å²) in [6, 6.07) is -0.228. The third-order valence-corrected chi connectivity index (χ3v) is 18.1. The van der Waals surface area contributed by atoms with Gasteiger partial charge in [0.05, 0.1) is 26.8 Å². The lowest BCUT2D eigenvalue weighted by molar-refractivity contribution is -0.0659. The van der Waals surface area contributed by atoms with Gasteiger partial charge in [0.1, 0.15) is 11.3 Å². The van der Waals surface area contributed by atoms with Gasteiger partial charge in [-0.15, -0.1) is 0 Å². The van der Waals surface area contributed by atoms with Crippen LogP contribution in [0.2, 0.25) is 36.3 Å². The maximum Gasteiger partial charge on any atom is 0.413 e. The van der Waals surface area contributed by atoms with Crippen molar-refractivity contribution in [1.82, 2.24) is 4.90 Å². The average Bonchev–Trinajstić information content (AvgIpc) is 3.20. The van der Waals surface area contributed by atoms with E-state index in [1.165, 1.54) is 75.8 Å². The van der Waals surface area contributed by atoms with Crippen molar-refractivity contribution in [3.05, 3.63) is 11.3 Å². The standard InChI is InChI=1S/C38H77NO4Si2/c1-16-17-18-19-20-21-22-23-24-25-26-27-28-34(44(13,14)15)35(43-45(30(2)3,31(4)5)32(6)7)33-29-41-38(11,12)39(33)36(40)42-37(8,9)10/h28,30-33,35H,16-27,29H2,1-15H3/b34-28-/t33-,35-/m0/s1. The van der Waals surface area contributed by atoms with Gasteiger partial charge in [-0.3, -0.25) is 4.90 Å². The van der Waals surface area contributed by atoms with E-state index in [1.54, 1.807) is 0 Å². The molecule has 0 saturated carbocycles. The first-order valence-electron chi connectivity index (χ1n) is 18.8. The van der Waals surface area contributed by atoms with Gasteiger partial charge in [-0.1, -0.05) is 144 Å². The highest BCUT2D eigenvalue weighted by Crippen LogP contribution is 2.46. The van der Waals surface area contributed by atoms with Gasteiger partial charge in [0.2, 0.25) is 8.32 Å². The van der Waals surface area contributed by atoms with E-state index in [9.17, 15) is 4.79 Å². The van der Waals surface area contributed by atoms with Crippen molar-refractivity contribution in [2.45, 2.75) is 220 Å². The largest absolute Gasteiger partial charge is 0.444 e. The highest BCUT2D eigenvalue weighted by molar-refractivity contribution is 6.83. The number of carbonyl (C=O) groups excluding carboxylic acids is 1. The van der Waals surface area contributed by atoms with Crippen molar-refractivity contribution in [3.8, 4) is 0 Å². The molecule has 1 amide bonds. The Bertz CT molecular complexity index is 863. The van der Waals surface area contributed by atoms with Gasteiger partial charge in [-0.2, -0.15) is 0 Å². The van der Waals surface area contributed by atoms with Gasteiger partial charge in [0.25, 0.3) is 0 Å². The second kappa shape index (κ2) is 18.8. The van der Waals surface area contributed by atoms with E-state index in [1.807, 2.05) is 39.5 Å². The number of amides is 1. The first-order valence-corrected chi connectivity index (χ1v) is 24.4. The van der Waals surface area contributed by atoms with Crippen LogP contribution in [-0.4, -0.2) is 57.5 Å². The summed E-state index contributed by atoms with van der Waals surface area (Å²) >= 11 is 0. The maximum absolute atomic E-state index is 13.9. The average molecular weight is 668 g/mol. The monoisotopic (exact) mass is 668 g/mol. The van der Waals surface area contributed by atoms with E-state index in [0.717, 1.165) is 6.42 Å². The van der Waals surface area contributed by atoms with Gasteiger partial charge in [0, 0.05) is 0 Å². The molecule has 0 N–H and O–H groups in total. The molecular formula is C38H77NO4Si2. The number of hydrogen-bond acceptors (Lipinski definition) is 4. The molecule has 0 spiro atoms. The molecule has 0 aromatic heterocycles. The number of unbranched alkanes of at least 4 members (excludes halogenated alkanes) is 11. The summed E-state index contributed by atoms with van der Waals surface area (Å²) in [5.74, 6) is 0. The highest BCUT2D eigenvalue weighted by Gasteiger charge is 2.55. The molecule has 1 saturated heterocycles. The molecule has 5 nitrogen and oxygen atoms in total. The molecule has 0 aromatic rings. The minimum absolute atomic E-state index is 0.197. The Morgan fingerprint density at radius 2 is 1.29 bits per heavy atom. The van der Waals surface area contributed by atoms with Crippen LogP contribution in [-0.2, 0) is 13.9 Å². The SMILES string of the molecule is CCCCCCCCCCCCC/C=C(/[C@@H](O[Si](C(C)C)(C(C)C)C(C)C)[C@@H]1COC(C)(C)N1C(=O)OC(C)(C)C)[Si](C)(C)C. The maximum atomic E-state index is 13.9. The molecule has 45 heavy (non-hydrogen) atoms. The third-order valence-electron chi connectivity index (χ3n) is 9.84. The van der Waals surface area contributed by atoms with E-state index >= 15 is 0 Å². The van der Waals surface area contributed by atoms with Crippen LogP contribution in [0, 0.1) is 0 Å². The van der Waals surface area contributed by atoms with Crippen molar-refractivity contribution in [2.75, 3.05) is 6.61 Å². The Morgan fingerprint density at radius 1 is 0.844 bits per heavy atom. The van der Waals surface area contributed by atoms with Gasteiger partial charge in [-0.25, -0.2) is 4.79 Å². The molecule has 0 aliphatic carbocycles. The molecule has 7 heteroatoms. The van der Waals surface area contributed by atoms with Crippen LogP contribution in [0.3, 0.4) is 0 Å². The van der Waals surface area contributed by atoms with Crippen molar-refractivity contribution in [3.63, 3.8) is 0 Å². The van der Waals surface area contributed by atoms with Crippen LogP contribution < -0.4 is 0 Å². The summed E-state index contributed by atoms with van der Waals surface area (Å²) in [4.78, 5) is 15.7. The second-order valence-corrected chi connectivity index (χ2v) is 27.7. The lowest BCUT2D eigenvalue weighted by Crippen LogP contribution is -2.60. The number of nitrogens with zero attached hydrogens (tertiary/aromatic N) is 1. The summed E-state index contributed by atoms with van der Waals surface area (Å²) in [5.41, 5.74) is -0.0259. The van der Waals surface area contributed by atoms with Gasteiger partial charge < -0.3 is 13.9 Å². The molecule has 1 aliphatic heterocycles. The highest BCUT2D eigenvalue weighted by atomic mass is 28.4. The Labute approximate surface area is 283 Å². The topological polar surface area (TPSA) is 48.0 Å². The second-order valence-electron chi connectivity index (χ2n) is 17.3. The molecular weight excluding hydrogens is 591 g/mol. The molecule has 1 heterocycles. The first kappa shape index (κ1) is 42.4. The molecule has 0 aromatic carbocycles. The molecule has 1 rings (SSSR count). The Hall–Kier alpha value is -0.636. The zero-order chi connectivity index (χ0) is 34.6. The van der Waals surface area contributed by atoms with Gasteiger partial charge in [-0.05, 0) is 64.1 Å². The van der Waals surface area contributed by atoms with E-state index in [-0.39, 0.29) is 18.2 Å².